The summed E-state index contributed by atoms with van der Waals surface area (Å²) in [4.78, 5) is 13.4. The van der Waals surface area contributed by atoms with Gasteiger partial charge in [-0.1, -0.05) is 0 Å². The van der Waals surface area contributed by atoms with Crippen LogP contribution < -0.4 is 5.32 Å². The number of piperidine rings is 1. The second kappa shape index (κ2) is 4.98. The lowest BCUT2D eigenvalue weighted by atomic mass is 9.85. The zero-order valence-corrected chi connectivity index (χ0v) is 11.8. The Balaban J connectivity index is 2.01. The summed E-state index contributed by atoms with van der Waals surface area (Å²) in [6, 6.07) is 4.03. The molecule has 1 aromatic rings. The zero-order valence-electron chi connectivity index (χ0n) is 9.38. The molecule has 1 aliphatic rings. The Bertz CT molecular complexity index is 382. The van der Waals surface area contributed by atoms with Crippen LogP contribution in [-0.2, 0) is 11.2 Å². The molecule has 2 rings (SSSR count). The van der Waals surface area contributed by atoms with Gasteiger partial charge in [0.2, 0.25) is 0 Å². The highest BCUT2D eigenvalue weighted by Crippen LogP contribution is 2.26. The van der Waals surface area contributed by atoms with Gasteiger partial charge in [-0.3, -0.25) is 4.79 Å². The number of carbonyl (C=O) groups excluding carboxylic acids is 1. The number of nitrogens with one attached hydrogen (secondary N) is 1. The lowest BCUT2D eigenvalue weighted by Crippen LogP contribution is -2.52. The summed E-state index contributed by atoms with van der Waals surface area (Å²) < 4.78 is 1.09. The van der Waals surface area contributed by atoms with Gasteiger partial charge in [-0.25, -0.2) is 0 Å². The summed E-state index contributed by atoms with van der Waals surface area (Å²) in [5.74, 6) is 0.321. The SMILES string of the molecule is CC1(C(=O)Cc2ccc(Br)s2)CCCCN1. The summed E-state index contributed by atoms with van der Waals surface area (Å²) in [7, 11) is 0. The topological polar surface area (TPSA) is 29.1 Å². The van der Waals surface area contributed by atoms with Crippen LogP contribution in [0, 0.1) is 0 Å². The van der Waals surface area contributed by atoms with E-state index in [9.17, 15) is 4.79 Å². The van der Waals surface area contributed by atoms with E-state index < -0.39 is 0 Å². The molecule has 0 saturated carbocycles. The van der Waals surface area contributed by atoms with E-state index in [1.807, 2.05) is 19.1 Å². The van der Waals surface area contributed by atoms with E-state index in [0.29, 0.717) is 12.2 Å². The Morgan fingerprint density at radius 1 is 1.56 bits per heavy atom. The zero-order chi connectivity index (χ0) is 11.6. The maximum Gasteiger partial charge on any atom is 0.157 e. The second-order valence-corrected chi connectivity index (χ2v) is 7.07. The van der Waals surface area contributed by atoms with Crippen LogP contribution in [0.15, 0.2) is 15.9 Å². The van der Waals surface area contributed by atoms with Crippen molar-refractivity contribution >= 4 is 33.0 Å². The van der Waals surface area contributed by atoms with Crippen molar-refractivity contribution in [2.45, 2.75) is 38.1 Å². The van der Waals surface area contributed by atoms with E-state index >= 15 is 0 Å². The third-order valence-electron chi connectivity index (χ3n) is 3.20. The lowest BCUT2D eigenvalue weighted by Gasteiger charge is -2.33. The fourth-order valence-corrected chi connectivity index (χ4v) is 3.58. The number of rotatable bonds is 3. The van der Waals surface area contributed by atoms with E-state index in [-0.39, 0.29) is 5.54 Å². The Labute approximate surface area is 109 Å². The van der Waals surface area contributed by atoms with Gasteiger partial charge >= 0.3 is 0 Å². The first-order valence-corrected chi connectivity index (χ1v) is 7.24. The molecule has 1 aliphatic heterocycles. The van der Waals surface area contributed by atoms with Crippen LogP contribution in [-0.4, -0.2) is 17.9 Å². The molecule has 0 spiro atoms. The molecule has 1 saturated heterocycles. The Kier molecular flexibility index (Phi) is 3.82. The predicted molar refractivity (Wildman–Crippen MR) is 71.0 cm³/mol. The minimum atomic E-state index is -0.297. The molecule has 1 fully saturated rings. The number of hydrogen-bond acceptors (Lipinski definition) is 3. The molecule has 0 aliphatic carbocycles. The first-order valence-electron chi connectivity index (χ1n) is 5.63. The third-order valence-corrected chi connectivity index (χ3v) is 4.82. The van der Waals surface area contributed by atoms with Gasteiger partial charge in [0.25, 0.3) is 0 Å². The van der Waals surface area contributed by atoms with Gasteiger partial charge in [-0.15, -0.1) is 11.3 Å². The Morgan fingerprint density at radius 3 is 2.94 bits per heavy atom. The van der Waals surface area contributed by atoms with E-state index in [4.69, 9.17) is 0 Å². The Morgan fingerprint density at radius 2 is 2.38 bits per heavy atom. The van der Waals surface area contributed by atoms with Crippen molar-refractivity contribution in [1.29, 1.82) is 0 Å². The lowest BCUT2D eigenvalue weighted by molar-refractivity contribution is -0.125. The van der Waals surface area contributed by atoms with Crippen LogP contribution in [0.2, 0.25) is 0 Å². The van der Waals surface area contributed by atoms with Crippen LogP contribution in [0.5, 0.6) is 0 Å². The van der Waals surface area contributed by atoms with Gasteiger partial charge < -0.3 is 5.32 Å². The molecular weight excluding hydrogens is 286 g/mol. The normalized spacial score (nSPS) is 25.6. The van der Waals surface area contributed by atoms with Gasteiger partial charge in [-0.05, 0) is 60.8 Å². The molecule has 2 nitrogen and oxygen atoms in total. The van der Waals surface area contributed by atoms with Crippen LogP contribution in [0.3, 0.4) is 0 Å². The number of carbonyl (C=O) groups is 1. The monoisotopic (exact) mass is 301 g/mol. The summed E-state index contributed by atoms with van der Waals surface area (Å²) in [5.41, 5.74) is -0.297. The summed E-state index contributed by atoms with van der Waals surface area (Å²) in [6.45, 7) is 3.01. The molecule has 0 aromatic carbocycles. The maximum absolute atomic E-state index is 12.2. The molecule has 88 valence electrons. The summed E-state index contributed by atoms with van der Waals surface area (Å²) in [6.07, 6.45) is 3.87. The van der Waals surface area contributed by atoms with Crippen molar-refractivity contribution < 1.29 is 4.79 Å². The van der Waals surface area contributed by atoms with Crippen LogP contribution in [0.1, 0.15) is 31.1 Å². The molecule has 2 heterocycles. The minimum absolute atomic E-state index is 0.297. The van der Waals surface area contributed by atoms with Crippen LogP contribution in [0.25, 0.3) is 0 Å². The van der Waals surface area contributed by atoms with E-state index in [2.05, 4.69) is 21.2 Å². The van der Waals surface area contributed by atoms with E-state index in [0.717, 1.165) is 28.0 Å². The van der Waals surface area contributed by atoms with Crippen molar-refractivity contribution in [1.82, 2.24) is 5.32 Å². The third kappa shape index (κ3) is 2.73. The largest absolute Gasteiger partial charge is 0.305 e. The molecule has 16 heavy (non-hydrogen) atoms. The predicted octanol–water partition coefficient (Wildman–Crippen LogP) is 3.15. The molecule has 0 radical (unpaired) electrons. The number of Topliss-reactive ketones (excluding diaryl/α,β-unsaturated/α-hetero) is 1. The van der Waals surface area contributed by atoms with Crippen LogP contribution >= 0.6 is 27.3 Å². The van der Waals surface area contributed by atoms with Crippen LogP contribution in [0.4, 0.5) is 0 Å². The number of thiophene rings is 1. The van der Waals surface area contributed by atoms with Crippen molar-refractivity contribution in [3.63, 3.8) is 0 Å². The smallest absolute Gasteiger partial charge is 0.157 e. The van der Waals surface area contributed by atoms with Gasteiger partial charge in [0, 0.05) is 11.3 Å². The first kappa shape index (κ1) is 12.3. The summed E-state index contributed by atoms with van der Waals surface area (Å²) >= 11 is 5.07. The van der Waals surface area contributed by atoms with Gasteiger partial charge in [0.1, 0.15) is 0 Å². The second-order valence-electron chi connectivity index (χ2n) is 4.52. The van der Waals surface area contributed by atoms with Gasteiger partial charge in [0.05, 0.1) is 9.33 Å². The van der Waals surface area contributed by atoms with Crippen molar-refractivity contribution in [2.24, 2.45) is 0 Å². The Hall–Kier alpha value is -0.190. The molecule has 4 heteroatoms. The average molecular weight is 302 g/mol. The number of halogens is 1. The first-order chi connectivity index (χ1) is 7.60. The fraction of sp³-hybridized carbons (Fsp3) is 0.583. The maximum atomic E-state index is 12.2. The fourth-order valence-electron chi connectivity index (χ4n) is 2.09. The standard InChI is InChI=1S/C12H16BrNOS/c1-12(6-2-3-7-14-12)10(15)8-9-4-5-11(13)16-9/h4-5,14H,2-3,6-8H2,1H3. The summed E-state index contributed by atoms with van der Waals surface area (Å²) in [5, 5.41) is 3.37. The molecule has 1 aromatic heterocycles. The number of ketones is 1. The van der Waals surface area contributed by atoms with Crippen molar-refractivity contribution in [3.8, 4) is 0 Å². The number of hydrogen-bond donors (Lipinski definition) is 1. The van der Waals surface area contributed by atoms with E-state index in [1.54, 1.807) is 11.3 Å². The van der Waals surface area contributed by atoms with E-state index in [1.165, 1.54) is 6.42 Å². The molecule has 1 N–H and O–H groups in total. The highest BCUT2D eigenvalue weighted by atomic mass is 79.9. The molecule has 1 unspecified atom stereocenters. The van der Waals surface area contributed by atoms with Crippen molar-refractivity contribution in [2.75, 3.05) is 6.54 Å². The highest BCUT2D eigenvalue weighted by Gasteiger charge is 2.33. The average Bonchev–Trinajstić information content (AvgIpc) is 2.65. The molecule has 0 bridgehead atoms. The quantitative estimate of drug-likeness (QED) is 0.929. The molecule has 1 atom stereocenters. The highest BCUT2D eigenvalue weighted by molar-refractivity contribution is 9.11. The van der Waals surface area contributed by atoms with Gasteiger partial charge in [-0.2, -0.15) is 0 Å². The van der Waals surface area contributed by atoms with Crippen molar-refractivity contribution in [3.05, 3.63) is 20.8 Å². The minimum Gasteiger partial charge on any atom is -0.305 e. The molecular formula is C12H16BrNOS. The molecule has 0 amide bonds. The van der Waals surface area contributed by atoms with Gasteiger partial charge in [0.15, 0.2) is 5.78 Å².